The molecule has 1 heterocycles. The number of aliphatic hydroxyl groups is 1. The highest BCUT2D eigenvalue weighted by molar-refractivity contribution is 7.10. The van der Waals surface area contributed by atoms with Gasteiger partial charge in [0.25, 0.3) is 0 Å². The van der Waals surface area contributed by atoms with Crippen LogP contribution in [0.4, 0.5) is 8.78 Å². The molecule has 6 heteroatoms. The molecule has 2 aromatic rings. The molecule has 3 nitrogen and oxygen atoms in total. The molecule has 112 valence electrons. The van der Waals surface area contributed by atoms with E-state index >= 15 is 0 Å². The van der Waals surface area contributed by atoms with Crippen molar-refractivity contribution in [2.24, 2.45) is 0 Å². The van der Waals surface area contributed by atoms with Gasteiger partial charge in [-0.15, -0.1) is 11.3 Å². The third kappa shape index (κ3) is 3.86. The van der Waals surface area contributed by atoms with Crippen molar-refractivity contribution in [2.45, 2.75) is 18.9 Å². The Hall–Kier alpha value is -1.79. The van der Waals surface area contributed by atoms with Gasteiger partial charge in [-0.1, -0.05) is 12.1 Å². The van der Waals surface area contributed by atoms with Crippen LogP contribution < -0.4 is 5.32 Å². The molecule has 2 N–H and O–H groups in total. The van der Waals surface area contributed by atoms with Crippen molar-refractivity contribution in [1.82, 2.24) is 5.32 Å². The summed E-state index contributed by atoms with van der Waals surface area (Å²) in [7, 11) is 0. The first-order chi connectivity index (χ1) is 9.90. The Morgan fingerprint density at radius 1 is 1.29 bits per heavy atom. The topological polar surface area (TPSA) is 49.3 Å². The summed E-state index contributed by atoms with van der Waals surface area (Å²) in [5.41, 5.74) is -1.48. The maximum Gasteiger partial charge on any atom is 0.224 e. The predicted octanol–water partition coefficient (Wildman–Crippen LogP) is 2.59. The molecule has 1 amide bonds. The van der Waals surface area contributed by atoms with Crippen LogP contribution in [-0.4, -0.2) is 17.6 Å². The zero-order valence-corrected chi connectivity index (χ0v) is 12.2. The van der Waals surface area contributed by atoms with Crippen molar-refractivity contribution in [3.05, 3.63) is 57.8 Å². The van der Waals surface area contributed by atoms with Gasteiger partial charge in [-0.3, -0.25) is 4.79 Å². The lowest BCUT2D eigenvalue weighted by atomic mass is 10.0. The molecule has 0 aliphatic carbocycles. The predicted molar refractivity (Wildman–Crippen MR) is 77.0 cm³/mol. The normalized spacial score (nSPS) is 13.7. The Morgan fingerprint density at radius 3 is 2.52 bits per heavy atom. The summed E-state index contributed by atoms with van der Waals surface area (Å²) in [6.45, 7) is 1.55. The number of carbonyl (C=O) groups is 1. The number of thiophene rings is 1. The minimum Gasteiger partial charge on any atom is -0.383 e. The molecule has 0 spiro atoms. The lowest BCUT2D eigenvalue weighted by Crippen LogP contribution is -2.38. The summed E-state index contributed by atoms with van der Waals surface area (Å²) >= 11 is 1.37. The third-order valence-corrected chi connectivity index (χ3v) is 4.20. The van der Waals surface area contributed by atoms with Crippen molar-refractivity contribution >= 4 is 17.2 Å². The molecule has 0 radical (unpaired) electrons. The van der Waals surface area contributed by atoms with E-state index in [1.165, 1.54) is 17.4 Å². The van der Waals surface area contributed by atoms with E-state index in [1.54, 1.807) is 19.1 Å². The van der Waals surface area contributed by atoms with Crippen molar-refractivity contribution in [3.63, 3.8) is 0 Å². The molecular formula is C15H15F2NO2S. The average Bonchev–Trinajstić information content (AvgIpc) is 2.96. The maximum absolute atomic E-state index is 13.4. The van der Waals surface area contributed by atoms with E-state index in [9.17, 15) is 18.7 Å². The molecular weight excluding hydrogens is 296 g/mol. The number of halogens is 2. The van der Waals surface area contributed by atoms with E-state index in [0.717, 1.165) is 12.1 Å². The SMILES string of the molecule is CC(O)(CNC(=O)Cc1c(F)cccc1F)c1cccs1. The largest absolute Gasteiger partial charge is 0.383 e. The molecule has 0 aliphatic heterocycles. The number of benzene rings is 1. The minimum atomic E-state index is -1.21. The van der Waals surface area contributed by atoms with E-state index < -0.39 is 29.6 Å². The van der Waals surface area contributed by atoms with Crippen molar-refractivity contribution in [2.75, 3.05) is 6.54 Å². The minimum absolute atomic E-state index is 0.0254. The first-order valence-corrected chi connectivity index (χ1v) is 7.24. The lowest BCUT2D eigenvalue weighted by molar-refractivity contribution is -0.121. The molecule has 2 rings (SSSR count). The van der Waals surface area contributed by atoms with Crippen molar-refractivity contribution in [1.29, 1.82) is 0 Å². The smallest absolute Gasteiger partial charge is 0.224 e. The lowest BCUT2D eigenvalue weighted by Gasteiger charge is -2.22. The number of rotatable bonds is 5. The maximum atomic E-state index is 13.4. The Bertz CT molecular complexity index is 606. The number of nitrogens with one attached hydrogen (secondary N) is 1. The Labute approximate surface area is 125 Å². The molecule has 0 bridgehead atoms. The van der Waals surface area contributed by atoms with Crippen LogP contribution in [0, 0.1) is 11.6 Å². The molecule has 21 heavy (non-hydrogen) atoms. The fourth-order valence-corrected chi connectivity index (χ4v) is 2.65. The number of hydrogen-bond acceptors (Lipinski definition) is 3. The highest BCUT2D eigenvalue weighted by Gasteiger charge is 2.25. The van der Waals surface area contributed by atoms with Crippen LogP contribution in [0.15, 0.2) is 35.7 Å². The molecule has 0 saturated carbocycles. The van der Waals surface area contributed by atoms with Crippen LogP contribution in [0.2, 0.25) is 0 Å². The van der Waals surface area contributed by atoms with Crippen molar-refractivity contribution < 1.29 is 18.7 Å². The van der Waals surface area contributed by atoms with E-state index in [1.807, 2.05) is 5.38 Å². The van der Waals surface area contributed by atoms with E-state index in [4.69, 9.17) is 0 Å². The number of carbonyl (C=O) groups excluding carboxylic acids is 1. The summed E-state index contributed by atoms with van der Waals surface area (Å²) in [6.07, 6.45) is -0.404. The van der Waals surface area contributed by atoms with Crippen LogP contribution in [0.5, 0.6) is 0 Å². The molecule has 1 aromatic heterocycles. The fourth-order valence-electron chi connectivity index (χ4n) is 1.87. The van der Waals surface area contributed by atoms with Crippen LogP contribution in [0.25, 0.3) is 0 Å². The summed E-state index contributed by atoms with van der Waals surface area (Å²) in [4.78, 5) is 12.5. The van der Waals surface area contributed by atoms with Crippen LogP contribution in [-0.2, 0) is 16.8 Å². The van der Waals surface area contributed by atoms with Crippen LogP contribution >= 0.6 is 11.3 Å². The average molecular weight is 311 g/mol. The van der Waals surface area contributed by atoms with Gasteiger partial charge in [0.05, 0.1) is 13.0 Å². The first kappa shape index (κ1) is 15.6. The standard InChI is InChI=1S/C15H15F2NO2S/c1-15(20,13-6-3-7-21-13)9-18-14(19)8-10-11(16)4-2-5-12(10)17/h2-7,20H,8-9H2,1H3,(H,18,19). The second-order valence-electron chi connectivity index (χ2n) is 4.90. The van der Waals surface area contributed by atoms with Crippen LogP contribution in [0.1, 0.15) is 17.4 Å². The monoisotopic (exact) mass is 311 g/mol. The van der Waals surface area contributed by atoms with Crippen LogP contribution in [0.3, 0.4) is 0 Å². The quantitative estimate of drug-likeness (QED) is 0.892. The van der Waals surface area contributed by atoms with Gasteiger partial charge in [0, 0.05) is 10.4 Å². The second kappa shape index (κ2) is 6.32. The first-order valence-electron chi connectivity index (χ1n) is 6.36. The van der Waals surface area contributed by atoms with Gasteiger partial charge in [-0.05, 0) is 30.5 Å². The summed E-state index contributed by atoms with van der Waals surface area (Å²) < 4.78 is 26.9. The highest BCUT2D eigenvalue weighted by atomic mass is 32.1. The van der Waals surface area contributed by atoms with E-state index in [0.29, 0.717) is 4.88 Å². The van der Waals surface area contributed by atoms with Gasteiger partial charge < -0.3 is 10.4 Å². The summed E-state index contributed by atoms with van der Waals surface area (Å²) in [5.74, 6) is -2.05. The highest BCUT2D eigenvalue weighted by Crippen LogP contribution is 2.24. The van der Waals surface area contributed by atoms with Gasteiger partial charge in [0.15, 0.2) is 0 Å². The molecule has 0 saturated heterocycles. The zero-order chi connectivity index (χ0) is 15.5. The molecule has 1 aromatic carbocycles. The molecule has 1 unspecified atom stereocenters. The van der Waals surface area contributed by atoms with Gasteiger partial charge in [-0.2, -0.15) is 0 Å². The molecule has 0 aliphatic rings. The Morgan fingerprint density at radius 2 is 1.95 bits per heavy atom. The van der Waals surface area contributed by atoms with Gasteiger partial charge in [0.1, 0.15) is 17.2 Å². The van der Waals surface area contributed by atoms with E-state index in [-0.39, 0.29) is 12.1 Å². The van der Waals surface area contributed by atoms with E-state index in [2.05, 4.69) is 5.32 Å². The van der Waals surface area contributed by atoms with Gasteiger partial charge >= 0.3 is 0 Å². The Kier molecular flexibility index (Phi) is 4.69. The third-order valence-electron chi connectivity index (χ3n) is 3.08. The number of amides is 1. The Balaban J connectivity index is 1.97. The zero-order valence-electron chi connectivity index (χ0n) is 11.4. The summed E-state index contributed by atoms with van der Waals surface area (Å²) in [6, 6.07) is 7.01. The van der Waals surface area contributed by atoms with Gasteiger partial charge in [0.2, 0.25) is 5.91 Å². The molecule has 0 fully saturated rings. The van der Waals surface area contributed by atoms with Gasteiger partial charge in [-0.25, -0.2) is 8.78 Å². The second-order valence-corrected chi connectivity index (χ2v) is 5.85. The molecule has 1 atom stereocenters. The van der Waals surface area contributed by atoms with Crippen molar-refractivity contribution in [3.8, 4) is 0 Å². The fraction of sp³-hybridized carbons (Fsp3) is 0.267. The number of hydrogen-bond donors (Lipinski definition) is 2. The summed E-state index contributed by atoms with van der Waals surface area (Å²) in [5, 5.41) is 14.6.